The van der Waals surface area contributed by atoms with Crippen LogP contribution in [0.5, 0.6) is 0 Å². The summed E-state index contributed by atoms with van der Waals surface area (Å²) in [5.74, 6) is -0.556. The maximum Gasteiger partial charge on any atom is 0.269 e. The largest absolute Gasteiger partial charge is 0.362 e. The lowest BCUT2D eigenvalue weighted by atomic mass is 10.0. The van der Waals surface area contributed by atoms with Gasteiger partial charge in [-0.1, -0.05) is 18.2 Å². The van der Waals surface area contributed by atoms with Crippen LogP contribution in [0.25, 0.3) is 0 Å². The number of carbonyl (C=O) groups is 3. The van der Waals surface area contributed by atoms with Gasteiger partial charge in [0, 0.05) is 36.4 Å². The molecule has 0 aromatic heterocycles. The van der Waals surface area contributed by atoms with Crippen LogP contribution in [0.15, 0.2) is 48.5 Å². The van der Waals surface area contributed by atoms with E-state index in [9.17, 15) is 14.4 Å². The maximum atomic E-state index is 12.3. The summed E-state index contributed by atoms with van der Waals surface area (Å²) in [6.07, 6.45) is 3.44. The summed E-state index contributed by atoms with van der Waals surface area (Å²) in [4.78, 5) is 40.2. The van der Waals surface area contributed by atoms with E-state index in [0.29, 0.717) is 18.5 Å². The lowest BCUT2D eigenvalue weighted by Crippen LogP contribution is -2.47. The summed E-state index contributed by atoms with van der Waals surface area (Å²) in [5, 5.41) is 0. The van der Waals surface area contributed by atoms with E-state index in [0.717, 1.165) is 37.2 Å². The normalized spacial score (nSPS) is 15.8. The van der Waals surface area contributed by atoms with Crippen LogP contribution in [-0.2, 0) is 16.0 Å². The third-order valence-corrected chi connectivity index (χ3v) is 5.37. The Kier molecular flexibility index (Phi) is 5.46. The minimum absolute atomic E-state index is 0.105. The van der Waals surface area contributed by atoms with E-state index in [1.165, 1.54) is 5.56 Å². The highest BCUT2D eigenvalue weighted by Gasteiger charge is 2.22. The second-order valence-corrected chi connectivity index (χ2v) is 7.35. The highest BCUT2D eigenvalue weighted by molar-refractivity contribution is 5.98. The van der Waals surface area contributed by atoms with Crippen LogP contribution >= 0.6 is 0 Å². The number of amides is 3. The van der Waals surface area contributed by atoms with E-state index in [1.54, 1.807) is 29.2 Å². The molecule has 2 aliphatic heterocycles. The van der Waals surface area contributed by atoms with Gasteiger partial charge in [-0.15, -0.1) is 0 Å². The molecule has 7 heteroatoms. The number of carbonyl (C=O) groups excluding carboxylic acids is 3. The standard InChI is InChI=1S/C22H24N4O3/c27-20(15-25-13-3-6-16-5-1-2-7-19(16)25)23-24-22(29)17-9-11-18(12-10-17)26-14-4-8-21(26)28/h1-2,5,7,9-12H,3-4,6,8,13-15H2,(H,23,27)(H,24,29). The monoisotopic (exact) mass is 392 g/mol. The molecule has 0 spiro atoms. The number of hydrogen-bond donors (Lipinski definition) is 2. The van der Waals surface area contributed by atoms with Crippen molar-refractivity contribution < 1.29 is 14.4 Å². The molecular formula is C22H24N4O3. The molecule has 3 amide bonds. The van der Waals surface area contributed by atoms with Crippen LogP contribution in [0.1, 0.15) is 35.2 Å². The highest BCUT2D eigenvalue weighted by Crippen LogP contribution is 2.26. The van der Waals surface area contributed by atoms with Crippen molar-refractivity contribution in [3.8, 4) is 0 Å². The second kappa shape index (κ2) is 8.34. The fourth-order valence-corrected chi connectivity index (χ4v) is 3.90. The highest BCUT2D eigenvalue weighted by atomic mass is 16.2. The first-order chi connectivity index (χ1) is 14.1. The molecular weight excluding hydrogens is 368 g/mol. The Labute approximate surface area is 169 Å². The average Bonchev–Trinajstić information content (AvgIpc) is 3.18. The van der Waals surface area contributed by atoms with Gasteiger partial charge in [-0.3, -0.25) is 25.2 Å². The number of hydrogen-bond acceptors (Lipinski definition) is 4. The van der Waals surface area contributed by atoms with Gasteiger partial charge in [-0.2, -0.15) is 0 Å². The fraction of sp³-hybridized carbons (Fsp3) is 0.318. The van der Waals surface area contributed by atoms with Gasteiger partial charge in [0.1, 0.15) is 0 Å². The third-order valence-electron chi connectivity index (χ3n) is 5.37. The van der Waals surface area contributed by atoms with Crippen molar-refractivity contribution in [3.63, 3.8) is 0 Å². The van der Waals surface area contributed by atoms with Crippen LogP contribution in [0.2, 0.25) is 0 Å². The second-order valence-electron chi connectivity index (χ2n) is 7.35. The van der Waals surface area contributed by atoms with E-state index in [-0.39, 0.29) is 18.4 Å². The Balaban J connectivity index is 1.30. The molecule has 1 fully saturated rings. The van der Waals surface area contributed by atoms with Crippen LogP contribution in [0.4, 0.5) is 11.4 Å². The topological polar surface area (TPSA) is 81.8 Å². The Morgan fingerprint density at radius 2 is 1.66 bits per heavy atom. The van der Waals surface area contributed by atoms with Crippen LogP contribution < -0.4 is 20.7 Å². The maximum absolute atomic E-state index is 12.3. The van der Waals surface area contributed by atoms with E-state index >= 15 is 0 Å². The summed E-state index contributed by atoms with van der Waals surface area (Å²) in [6, 6.07) is 14.9. The molecule has 0 saturated carbocycles. The van der Waals surface area contributed by atoms with E-state index in [4.69, 9.17) is 0 Å². The van der Waals surface area contributed by atoms with Gasteiger partial charge >= 0.3 is 0 Å². The molecule has 2 aromatic rings. The van der Waals surface area contributed by atoms with Crippen LogP contribution in [0, 0.1) is 0 Å². The Morgan fingerprint density at radius 1 is 0.897 bits per heavy atom. The van der Waals surface area contributed by atoms with Gasteiger partial charge in [-0.25, -0.2) is 0 Å². The molecule has 1 saturated heterocycles. The SMILES string of the molecule is O=C(CN1CCCc2ccccc21)NNC(=O)c1ccc(N2CCCC2=O)cc1. The number of nitrogens with one attached hydrogen (secondary N) is 2. The number of fused-ring (bicyclic) bond motifs is 1. The van der Waals surface area contributed by atoms with Gasteiger partial charge in [0.2, 0.25) is 5.91 Å². The first kappa shape index (κ1) is 19.0. The molecule has 0 atom stereocenters. The summed E-state index contributed by atoms with van der Waals surface area (Å²) in [5.41, 5.74) is 8.48. The summed E-state index contributed by atoms with van der Waals surface area (Å²) < 4.78 is 0. The van der Waals surface area contributed by atoms with E-state index < -0.39 is 5.91 Å². The molecule has 0 bridgehead atoms. The molecule has 7 nitrogen and oxygen atoms in total. The Bertz CT molecular complexity index is 926. The third kappa shape index (κ3) is 4.23. The molecule has 0 unspecified atom stereocenters. The molecule has 0 radical (unpaired) electrons. The molecule has 29 heavy (non-hydrogen) atoms. The minimum Gasteiger partial charge on any atom is -0.362 e. The average molecular weight is 392 g/mol. The predicted octanol–water partition coefficient (Wildman–Crippen LogP) is 2.03. The van der Waals surface area contributed by atoms with Crippen LogP contribution in [-0.4, -0.2) is 37.4 Å². The van der Waals surface area contributed by atoms with Crippen molar-refractivity contribution in [3.05, 3.63) is 59.7 Å². The smallest absolute Gasteiger partial charge is 0.269 e. The molecule has 150 valence electrons. The fourth-order valence-electron chi connectivity index (χ4n) is 3.90. The van der Waals surface area contributed by atoms with Gasteiger partial charge in [0.25, 0.3) is 11.8 Å². The molecule has 2 N–H and O–H groups in total. The van der Waals surface area contributed by atoms with Crippen molar-refractivity contribution in [2.75, 3.05) is 29.4 Å². The van der Waals surface area contributed by atoms with Crippen molar-refractivity contribution in [2.24, 2.45) is 0 Å². The first-order valence-electron chi connectivity index (χ1n) is 9.94. The zero-order valence-corrected chi connectivity index (χ0v) is 16.2. The van der Waals surface area contributed by atoms with Crippen LogP contribution in [0.3, 0.4) is 0 Å². The number of aryl methyl sites for hydroxylation is 1. The van der Waals surface area contributed by atoms with Gasteiger partial charge in [0.05, 0.1) is 6.54 Å². The molecule has 0 aliphatic carbocycles. The number of hydrazine groups is 1. The Hall–Kier alpha value is -3.35. The number of para-hydroxylation sites is 1. The van der Waals surface area contributed by atoms with E-state index in [1.807, 2.05) is 23.1 Å². The number of benzene rings is 2. The summed E-state index contributed by atoms with van der Waals surface area (Å²) >= 11 is 0. The van der Waals surface area contributed by atoms with Gasteiger partial charge in [0.15, 0.2) is 0 Å². The first-order valence-corrected chi connectivity index (χ1v) is 9.94. The lowest BCUT2D eigenvalue weighted by molar-refractivity contribution is -0.120. The van der Waals surface area contributed by atoms with Crippen molar-refractivity contribution >= 4 is 29.1 Å². The molecule has 2 aliphatic rings. The quantitative estimate of drug-likeness (QED) is 0.780. The number of rotatable bonds is 4. The van der Waals surface area contributed by atoms with Crippen molar-refractivity contribution in [1.29, 1.82) is 0 Å². The van der Waals surface area contributed by atoms with Gasteiger partial charge < -0.3 is 9.80 Å². The Morgan fingerprint density at radius 3 is 2.41 bits per heavy atom. The summed E-state index contributed by atoms with van der Waals surface area (Å²) in [7, 11) is 0. The van der Waals surface area contributed by atoms with Crippen molar-refractivity contribution in [1.82, 2.24) is 10.9 Å². The van der Waals surface area contributed by atoms with Crippen molar-refractivity contribution in [2.45, 2.75) is 25.7 Å². The molecule has 2 heterocycles. The number of anilines is 2. The summed E-state index contributed by atoms with van der Waals surface area (Å²) in [6.45, 7) is 1.71. The molecule has 2 aromatic carbocycles. The predicted molar refractivity (Wildman–Crippen MR) is 111 cm³/mol. The molecule has 4 rings (SSSR count). The minimum atomic E-state index is -0.392. The lowest BCUT2D eigenvalue weighted by Gasteiger charge is -2.30. The number of nitrogens with zero attached hydrogens (tertiary/aromatic N) is 2. The zero-order chi connectivity index (χ0) is 20.2. The van der Waals surface area contributed by atoms with Gasteiger partial charge in [-0.05, 0) is 55.2 Å². The van der Waals surface area contributed by atoms with E-state index in [2.05, 4.69) is 16.9 Å². The zero-order valence-electron chi connectivity index (χ0n) is 16.2.